The molecule has 0 radical (unpaired) electrons. The molecule has 124 valence electrons. The maximum absolute atomic E-state index is 11.0. The number of ether oxygens (including phenoxy) is 1. The van der Waals surface area contributed by atoms with Gasteiger partial charge in [-0.1, -0.05) is 23.4 Å². The van der Waals surface area contributed by atoms with Crippen LogP contribution in [0.4, 0.5) is 0 Å². The van der Waals surface area contributed by atoms with E-state index in [0.29, 0.717) is 18.3 Å². The molecule has 0 fully saturated rings. The van der Waals surface area contributed by atoms with Gasteiger partial charge >= 0.3 is 0 Å². The second-order valence-corrected chi connectivity index (χ2v) is 6.37. The zero-order chi connectivity index (χ0) is 16.9. The largest absolute Gasteiger partial charge is 0.481 e. The fourth-order valence-electron chi connectivity index (χ4n) is 2.06. The molecule has 6 nitrogen and oxygen atoms in total. The van der Waals surface area contributed by atoms with Gasteiger partial charge in [0.1, 0.15) is 5.75 Å². The van der Waals surface area contributed by atoms with Crippen LogP contribution in [-0.2, 0) is 11.3 Å². The Kier molecular flexibility index (Phi) is 4.90. The second kappa shape index (κ2) is 7.27. The number of carbonyl (C=O) groups is 1. The third-order valence-electron chi connectivity index (χ3n) is 3.24. The molecule has 1 N–H and O–H groups in total. The lowest BCUT2D eigenvalue weighted by molar-refractivity contribution is -0.119. The van der Waals surface area contributed by atoms with Gasteiger partial charge in [0.25, 0.3) is 5.89 Å². The summed E-state index contributed by atoms with van der Waals surface area (Å²) in [4.78, 5) is 17.3. The number of thiophene rings is 1. The predicted molar refractivity (Wildman–Crippen MR) is 90.6 cm³/mol. The molecule has 0 bridgehead atoms. The molecule has 3 aromatic rings. The van der Waals surface area contributed by atoms with Gasteiger partial charge in [0.05, 0.1) is 11.4 Å². The second-order valence-electron chi connectivity index (χ2n) is 5.21. The number of carbonyl (C=O) groups excluding carboxylic acids is 1. The molecule has 2 aromatic heterocycles. The summed E-state index contributed by atoms with van der Waals surface area (Å²) in [6, 6.07) is 13.3. The Hall–Kier alpha value is -2.67. The van der Waals surface area contributed by atoms with E-state index in [2.05, 4.69) is 15.5 Å². The van der Waals surface area contributed by atoms with Gasteiger partial charge in [-0.15, -0.1) is 11.3 Å². The first-order chi connectivity index (χ1) is 11.6. The lowest BCUT2D eigenvalue weighted by atomic mass is 10.3. The average Bonchev–Trinajstić information content (AvgIpc) is 3.23. The van der Waals surface area contributed by atoms with Crippen molar-refractivity contribution in [3.8, 4) is 16.5 Å². The van der Waals surface area contributed by atoms with E-state index in [0.717, 1.165) is 15.5 Å². The van der Waals surface area contributed by atoms with Crippen molar-refractivity contribution in [1.82, 2.24) is 15.5 Å². The van der Waals surface area contributed by atoms with E-state index in [-0.39, 0.29) is 12.0 Å². The van der Waals surface area contributed by atoms with Crippen LogP contribution in [0, 0.1) is 0 Å². The number of nitrogens with one attached hydrogen (secondary N) is 1. The van der Waals surface area contributed by atoms with Crippen LogP contribution in [0.1, 0.15) is 30.7 Å². The normalized spacial score (nSPS) is 11.9. The molecule has 0 unspecified atom stereocenters. The van der Waals surface area contributed by atoms with Crippen molar-refractivity contribution in [3.05, 3.63) is 53.2 Å². The van der Waals surface area contributed by atoms with Crippen molar-refractivity contribution < 1.29 is 14.1 Å². The van der Waals surface area contributed by atoms with Crippen molar-refractivity contribution in [3.63, 3.8) is 0 Å². The lowest BCUT2D eigenvalue weighted by Crippen LogP contribution is -2.17. The maximum Gasteiger partial charge on any atom is 0.267 e. The Balaban J connectivity index is 1.67. The summed E-state index contributed by atoms with van der Waals surface area (Å²) in [5.74, 6) is 1.63. The highest BCUT2D eigenvalue weighted by Gasteiger charge is 2.17. The molecule has 1 aromatic carbocycles. The summed E-state index contributed by atoms with van der Waals surface area (Å²) in [7, 11) is 0. The number of aromatic nitrogens is 2. The van der Waals surface area contributed by atoms with Gasteiger partial charge in [-0.2, -0.15) is 4.98 Å². The van der Waals surface area contributed by atoms with E-state index >= 15 is 0 Å². The Morgan fingerprint density at radius 3 is 2.83 bits per heavy atom. The minimum Gasteiger partial charge on any atom is -0.481 e. The Morgan fingerprint density at radius 1 is 1.29 bits per heavy atom. The molecule has 0 spiro atoms. The van der Waals surface area contributed by atoms with Crippen molar-refractivity contribution in [2.45, 2.75) is 26.5 Å². The highest BCUT2D eigenvalue weighted by Crippen LogP contribution is 2.28. The number of nitrogens with zero attached hydrogens (tertiary/aromatic N) is 2. The highest BCUT2D eigenvalue weighted by molar-refractivity contribution is 7.15. The third kappa shape index (κ3) is 3.99. The van der Waals surface area contributed by atoms with Gasteiger partial charge in [-0.05, 0) is 31.2 Å². The molecule has 2 heterocycles. The molecule has 0 saturated heterocycles. The van der Waals surface area contributed by atoms with Crippen LogP contribution in [0.2, 0.25) is 0 Å². The maximum atomic E-state index is 11.0. The van der Waals surface area contributed by atoms with Crippen molar-refractivity contribution in [1.29, 1.82) is 0 Å². The SMILES string of the molecule is CC(=O)NCc1ccc(-c2noc([C@@H](C)Oc3ccccc3)n2)s1. The fourth-order valence-corrected chi connectivity index (χ4v) is 2.93. The van der Waals surface area contributed by atoms with Gasteiger partial charge < -0.3 is 14.6 Å². The summed E-state index contributed by atoms with van der Waals surface area (Å²) in [5, 5.41) is 6.78. The molecule has 1 amide bonds. The number of benzene rings is 1. The van der Waals surface area contributed by atoms with E-state index in [4.69, 9.17) is 9.26 Å². The average molecular weight is 343 g/mol. The molecule has 7 heteroatoms. The van der Waals surface area contributed by atoms with Crippen LogP contribution in [0.25, 0.3) is 10.7 Å². The smallest absolute Gasteiger partial charge is 0.267 e. The van der Waals surface area contributed by atoms with Crippen molar-refractivity contribution >= 4 is 17.2 Å². The molecular weight excluding hydrogens is 326 g/mol. The molecule has 0 aliphatic rings. The zero-order valence-electron chi connectivity index (χ0n) is 13.4. The molecule has 0 aliphatic carbocycles. The van der Waals surface area contributed by atoms with Gasteiger partial charge in [0.2, 0.25) is 11.7 Å². The van der Waals surface area contributed by atoms with Crippen molar-refractivity contribution in [2.24, 2.45) is 0 Å². The summed E-state index contributed by atoms with van der Waals surface area (Å²) < 4.78 is 11.1. The molecule has 0 saturated carbocycles. The van der Waals surface area contributed by atoms with Crippen LogP contribution in [0.15, 0.2) is 47.0 Å². The first-order valence-electron chi connectivity index (χ1n) is 7.50. The van der Waals surface area contributed by atoms with Gasteiger partial charge in [0.15, 0.2) is 6.10 Å². The summed E-state index contributed by atoms with van der Waals surface area (Å²) in [6.45, 7) is 3.85. The van der Waals surface area contributed by atoms with Crippen LogP contribution in [0.5, 0.6) is 5.75 Å². The Bertz CT molecular complexity index is 813. The van der Waals surface area contributed by atoms with E-state index in [1.54, 1.807) is 0 Å². The van der Waals surface area contributed by atoms with Crippen LogP contribution >= 0.6 is 11.3 Å². The van der Waals surface area contributed by atoms with Crippen molar-refractivity contribution in [2.75, 3.05) is 0 Å². The summed E-state index contributed by atoms with van der Waals surface area (Å²) >= 11 is 1.52. The first kappa shape index (κ1) is 16.2. The number of hydrogen-bond acceptors (Lipinski definition) is 6. The van der Waals surface area contributed by atoms with Crippen LogP contribution in [-0.4, -0.2) is 16.0 Å². The van der Waals surface area contributed by atoms with Crippen LogP contribution < -0.4 is 10.1 Å². The summed E-state index contributed by atoms with van der Waals surface area (Å²) in [5.41, 5.74) is 0. The lowest BCUT2D eigenvalue weighted by Gasteiger charge is -2.09. The number of rotatable bonds is 6. The standard InChI is InChI=1S/C17H17N3O3S/c1-11(22-13-6-4-3-5-7-13)17-19-16(20-23-17)15-9-8-14(24-15)10-18-12(2)21/h3-9,11H,10H2,1-2H3,(H,18,21)/t11-/m1/s1. The van der Waals surface area contributed by atoms with Gasteiger partial charge in [-0.3, -0.25) is 4.79 Å². The first-order valence-corrected chi connectivity index (χ1v) is 8.32. The topological polar surface area (TPSA) is 77.2 Å². The van der Waals surface area contributed by atoms with Crippen LogP contribution in [0.3, 0.4) is 0 Å². The Morgan fingerprint density at radius 2 is 2.08 bits per heavy atom. The van der Waals surface area contributed by atoms with E-state index in [1.807, 2.05) is 49.4 Å². The van der Waals surface area contributed by atoms with Gasteiger partial charge in [-0.25, -0.2) is 0 Å². The van der Waals surface area contributed by atoms with Gasteiger partial charge in [0, 0.05) is 11.8 Å². The monoisotopic (exact) mass is 343 g/mol. The minimum atomic E-state index is -0.340. The third-order valence-corrected chi connectivity index (χ3v) is 4.32. The van der Waals surface area contributed by atoms with E-state index in [1.165, 1.54) is 18.3 Å². The molecule has 24 heavy (non-hydrogen) atoms. The predicted octanol–water partition coefficient (Wildman–Crippen LogP) is 3.57. The highest BCUT2D eigenvalue weighted by atomic mass is 32.1. The minimum absolute atomic E-state index is 0.0568. The molecule has 0 aliphatic heterocycles. The number of amides is 1. The molecule has 1 atom stereocenters. The number of para-hydroxylation sites is 1. The molecule has 3 rings (SSSR count). The fraction of sp³-hybridized carbons (Fsp3) is 0.235. The number of hydrogen-bond donors (Lipinski definition) is 1. The quantitative estimate of drug-likeness (QED) is 0.740. The van der Waals surface area contributed by atoms with E-state index < -0.39 is 0 Å². The zero-order valence-corrected chi connectivity index (χ0v) is 14.2. The van der Waals surface area contributed by atoms with E-state index in [9.17, 15) is 4.79 Å². The Labute approximate surface area is 143 Å². The summed E-state index contributed by atoms with van der Waals surface area (Å²) in [6.07, 6.45) is -0.340. The molecular formula is C17H17N3O3S.